The van der Waals surface area contributed by atoms with Crippen molar-refractivity contribution in [3.05, 3.63) is 189 Å². The number of aliphatic hydroxyl groups excluding tert-OH is 1. The third kappa shape index (κ3) is 6.70. The smallest absolute Gasteiger partial charge is 0.239 e. The molecule has 5 aromatic rings. The Morgan fingerprint density at radius 1 is 0.640 bits per heavy atom. The van der Waals surface area contributed by atoms with E-state index in [2.05, 4.69) is 0 Å². The minimum Gasteiger partial charge on any atom is -0.506 e. The van der Waals surface area contributed by atoms with Gasteiger partial charge in [-0.2, -0.15) is 0 Å². The van der Waals surface area contributed by atoms with Gasteiger partial charge in [0, 0.05) is 33.1 Å². The van der Waals surface area contributed by atoms with Gasteiger partial charge in [-0.1, -0.05) is 66.4 Å². The predicted molar refractivity (Wildman–Crippen MR) is 201 cm³/mol. The van der Waals surface area contributed by atoms with Gasteiger partial charge < -0.3 is 5.11 Å². The third-order valence-corrected chi connectivity index (χ3v) is 10.8. The van der Waals surface area contributed by atoms with Gasteiger partial charge in [-0.3, -0.25) is 9.59 Å². The minimum atomic E-state index is -0.807. The van der Waals surface area contributed by atoms with Crippen LogP contribution < -0.4 is 0 Å². The van der Waals surface area contributed by atoms with Crippen molar-refractivity contribution >= 4 is 50.6 Å². The number of hydrogen-bond donors (Lipinski definition) is 1. The monoisotopic (exact) mass is 695 g/mol. The summed E-state index contributed by atoms with van der Waals surface area (Å²) in [6, 6.07) is 32.0. The molecule has 1 aliphatic carbocycles. The van der Waals surface area contributed by atoms with Crippen LogP contribution in [0.4, 0.5) is 8.78 Å². The number of benzene rings is 4. The van der Waals surface area contributed by atoms with E-state index in [0.717, 1.165) is 52.9 Å². The molecule has 1 aromatic heterocycles. The van der Waals surface area contributed by atoms with Crippen molar-refractivity contribution in [3.8, 4) is 20.9 Å². The second kappa shape index (κ2) is 13.8. The second-order valence-electron chi connectivity index (χ2n) is 12.0. The molecule has 3 nitrogen and oxygen atoms in total. The van der Waals surface area contributed by atoms with Crippen LogP contribution in [0, 0.1) is 25.5 Å². The summed E-state index contributed by atoms with van der Waals surface area (Å²) in [7, 11) is 0. The van der Waals surface area contributed by atoms with Crippen molar-refractivity contribution in [1.82, 2.24) is 0 Å². The Labute approximate surface area is 297 Å². The van der Waals surface area contributed by atoms with Crippen molar-refractivity contribution < 1.29 is 23.5 Å². The van der Waals surface area contributed by atoms with Gasteiger partial charge in [0.2, 0.25) is 32.7 Å². The van der Waals surface area contributed by atoms with E-state index in [4.69, 9.17) is 0 Å². The fourth-order valence-corrected chi connectivity index (χ4v) is 8.33. The average Bonchev–Trinajstić information content (AvgIpc) is 3.31. The van der Waals surface area contributed by atoms with Gasteiger partial charge in [0.05, 0.1) is 11.1 Å². The minimum absolute atomic E-state index is 0.102. The van der Waals surface area contributed by atoms with E-state index in [9.17, 15) is 23.5 Å². The maximum Gasteiger partial charge on any atom is 0.239 e. The number of thioether (sulfide) groups is 1. The number of halogens is 2. The van der Waals surface area contributed by atoms with Gasteiger partial charge in [-0.15, -0.1) is 0 Å². The van der Waals surface area contributed by atoms with Crippen LogP contribution in [0.3, 0.4) is 0 Å². The molecule has 0 unspecified atom stereocenters. The maximum atomic E-state index is 13.8. The van der Waals surface area contributed by atoms with Crippen molar-refractivity contribution in [2.24, 2.45) is 0 Å². The summed E-state index contributed by atoms with van der Waals surface area (Å²) in [4.78, 5) is 30.4. The van der Waals surface area contributed by atoms with Crippen molar-refractivity contribution in [1.29, 1.82) is 0 Å². The highest BCUT2D eigenvalue weighted by Gasteiger charge is 2.36. The van der Waals surface area contributed by atoms with Crippen molar-refractivity contribution in [3.63, 3.8) is 0 Å². The number of hydrogen-bond acceptors (Lipinski definition) is 4. The first-order valence-corrected chi connectivity index (χ1v) is 17.5. The lowest BCUT2D eigenvalue weighted by molar-refractivity contribution is -0.131. The molecule has 2 aliphatic rings. The number of aryl methyl sites for hydroxylation is 2. The normalized spacial score (nSPS) is 16.3. The van der Waals surface area contributed by atoms with Crippen LogP contribution in [0.2, 0.25) is 0 Å². The first-order valence-electron chi connectivity index (χ1n) is 15.8. The van der Waals surface area contributed by atoms with Crippen LogP contribution in [0.15, 0.2) is 150 Å². The molecule has 0 saturated heterocycles. The van der Waals surface area contributed by atoms with Crippen molar-refractivity contribution in [2.75, 3.05) is 0 Å². The van der Waals surface area contributed by atoms with Gasteiger partial charge in [0.1, 0.15) is 17.4 Å². The molecular formula is C43H29F2O3S2+. The highest BCUT2D eigenvalue weighted by molar-refractivity contribution is 8.16. The molecule has 1 aliphatic heterocycles. The SMILES string of the molecule is Cc1ccccc1C1=C/C(=C/C2=C(O)C(=C\c3cc(-c4ccc(F)cc4)[s+]c(-c4ccccc4C)c3)/C(=O)C2=O)C=C(c2ccc(F)cc2)S1. The third-order valence-electron chi connectivity index (χ3n) is 8.54. The van der Waals surface area contributed by atoms with Gasteiger partial charge in [-0.05, 0) is 114 Å². The molecule has 0 amide bonds. The topological polar surface area (TPSA) is 54.4 Å². The Morgan fingerprint density at radius 3 is 1.84 bits per heavy atom. The lowest BCUT2D eigenvalue weighted by Crippen LogP contribution is -2.09. The van der Waals surface area contributed by atoms with Crippen LogP contribution in [0.1, 0.15) is 27.8 Å². The van der Waals surface area contributed by atoms with Crippen LogP contribution in [-0.4, -0.2) is 16.7 Å². The Kier molecular flexibility index (Phi) is 9.10. The van der Waals surface area contributed by atoms with E-state index in [1.165, 1.54) is 59.5 Å². The zero-order valence-corrected chi connectivity index (χ0v) is 28.7. The van der Waals surface area contributed by atoms with E-state index in [1.54, 1.807) is 24.3 Å². The molecule has 0 atom stereocenters. The summed E-state index contributed by atoms with van der Waals surface area (Å²) in [6.45, 7) is 4.02. The molecule has 0 spiro atoms. The highest BCUT2D eigenvalue weighted by atomic mass is 32.2. The summed E-state index contributed by atoms with van der Waals surface area (Å²) in [5.74, 6) is -2.71. The number of allylic oxidation sites excluding steroid dienone is 6. The predicted octanol–water partition coefficient (Wildman–Crippen LogP) is 11.4. The number of carbonyl (C=O) groups is 2. The molecule has 0 saturated carbocycles. The molecule has 2 heterocycles. The molecule has 244 valence electrons. The summed E-state index contributed by atoms with van der Waals surface area (Å²) in [5, 5.41) is 11.5. The summed E-state index contributed by atoms with van der Waals surface area (Å²) in [6.07, 6.45) is 6.85. The molecule has 1 N–H and O–H groups in total. The van der Waals surface area contributed by atoms with E-state index in [-0.39, 0.29) is 22.8 Å². The standard InChI is InChI=1S/C43H28F2O3S2/c1-25-7-3-5-9-33(25)39-23-27(21-37(49-39)29-11-15-31(44)16-12-29)19-35-41(46)36(43(48)42(35)47)20-28-22-38(30-13-17-32(45)18-14-30)50-40(24-28)34-10-6-4-8-26(34)2/h3-24H,1-2H3/p+1. The van der Waals surface area contributed by atoms with Crippen LogP contribution in [-0.2, 0) is 9.59 Å². The fourth-order valence-electron chi connectivity index (χ4n) is 5.89. The van der Waals surface area contributed by atoms with Gasteiger partial charge >= 0.3 is 0 Å². The quantitative estimate of drug-likeness (QED) is 0.109. The summed E-state index contributed by atoms with van der Waals surface area (Å²) >= 11 is 3.04. The summed E-state index contributed by atoms with van der Waals surface area (Å²) in [5.41, 5.74) is 6.69. The lowest BCUT2D eigenvalue weighted by Gasteiger charge is -2.18. The molecule has 4 aromatic carbocycles. The van der Waals surface area contributed by atoms with E-state index >= 15 is 0 Å². The Morgan fingerprint density at radius 2 is 1.20 bits per heavy atom. The molecule has 0 fully saturated rings. The van der Waals surface area contributed by atoms with E-state index in [0.29, 0.717) is 11.1 Å². The first-order chi connectivity index (χ1) is 24.1. The second-order valence-corrected chi connectivity index (χ2v) is 14.2. The molecular weight excluding hydrogens is 667 g/mol. The number of Topliss-reactive ketones (excluding diaryl/α,β-unsaturated/α-hetero) is 2. The van der Waals surface area contributed by atoms with Crippen LogP contribution in [0.25, 0.3) is 36.8 Å². The molecule has 7 heteroatoms. The number of carbonyl (C=O) groups excluding carboxylic acids is 2. The maximum absolute atomic E-state index is 13.8. The van der Waals surface area contributed by atoms with Gasteiger partial charge in [0.25, 0.3) is 0 Å². The molecule has 0 bridgehead atoms. The number of aliphatic hydroxyl groups is 1. The largest absolute Gasteiger partial charge is 0.506 e. The Bertz CT molecular complexity index is 2360. The molecule has 7 rings (SSSR count). The molecule has 50 heavy (non-hydrogen) atoms. The van der Waals surface area contributed by atoms with Crippen molar-refractivity contribution in [2.45, 2.75) is 13.8 Å². The first kappa shape index (κ1) is 33.0. The van der Waals surface area contributed by atoms with Gasteiger partial charge in [0.15, 0.2) is 0 Å². The zero-order chi connectivity index (χ0) is 34.9. The summed E-state index contributed by atoms with van der Waals surface area (Å²) < 4.78 is 27.6. The number of ketones is 2. The van der Waals surface area contributed by atoms with Crippen LogP contribution >= 0.6 is 23.1 Å². The molecule has 0 radical (unpaired) electrons. The zero-order valence-electron chi connectivity index (χ0n) is 27.0. The van der Waals surface area contributed by atoms with Gasteiger partial charge in [-0.25, -0.2) is 8.78 Å². The van der Waals surface area contributed by atoms with Crippen LogP contribution in [0.5, 0.6) is 0 Å². The lowest BCUT2D eigenvalue weighted by atomic mass is 10.0. The average molecular weight is 696 g/mol. The van der Waals surface area contributed by atoms with E-state index in [1.807, 2.05) is 86.7 Å². The number of rotatable bonds is 6. The Hall–Kier alpha value is -5.50. The Balaban J connectivity index is 1.34. The fraction of sp³-hybridized carbons (Fsp3) is 0.0465. The van der Waals surface area contributed by atoms with E-state index < -0.39 is 17.3 Å². The highest BCUT2D eigenvalue weighted by Crippen LogP contribution is 2.45.